The average Bonchev–Trinajstić information content (AvgIpc) is 3.32. The fourth-order valence-electron chi connectivity index (χ4n) is 6.24. The number of esters is 2. The van der Waals surface area contributed by atoms with E-state index in [1.165, 1.54) is 32.4 Å². The number of rotatable bonds is 19. The smallest absolute Gasteiger partial charge is 0.341 e. The van der Waals surface area contributed by atoms with E-state index in [9.17, 15) is 9.59 Å². The maximum absolute atomic E-state index is 13.9. The van der Waals surface area contributed by atoms with E-state index >= 15 is 0 Å². The van der Waals surface area contributed by atoms with E-state index in [1.54, 1.807) is 0 Å². The molecule has 0 N–H and O–H groups in total. The number of hydrogen-bond acceptors (Lipinski definition) is 10. The van der Waals surface area contributed by atoms with Crippen molar-refractivity contribution in [1.29, 1.82) is 0 Å². The second-order valence-corrected chi connectivity index (χ2v) is 13.7. The van der Waals surface area contributed by atoms with Gasteiger partial charge < -0.3 is 37.9 Å². The Balaban J connectivity index is 1.42. The Labute approximate surface area is 354 Å². The highest BCUT2D eigenvalue weighted by Gasteiger charge is 2.31. The van der Waals surface area contributed by atoms with Crippen LogP contribution in [0.25, 0.3) is 0 Å². The molecule has 308 valence electrons. The van der Waals surface area contributed by atoms with Crippen molar-refractivity contribution in [2.45, 2.75) is 33.0 Å². The first-order valence-corrected chi connectivity index (χ1v) is 19.6. The predicted octanol–water partition coefficient (Wildman–Crippen LogP) is 10.9. The number of benzene rings is 7. The molecule has 0 atom stereocenters. The van der Waals surface area contributed by atoms with Crippen molar-refractivity contribution in [3.05, 3.63) is 209 Å². The first-order chi connectivity index (χ1) is 30.0. The van der Waals surface area contributed by atoms with Crippen molar-refractivity contribution < 1.29 is 47.5 Å². The molecule has 0 heterocycles. The zero-order valence-corrected chi connectivity index (χ0v) is 33.8. The maximum Gasteiger partial charge on any atom is 0.341 e. The third-order valence-corrected chi connectivity index (χ3v) is 9.37. The van der Waals surface area contributed by atoms with Crippen molar-refractivity contribution in [2.75, 3.05) is 14.2 Å². The second kappa shape index (κ2) is 20.8. The van der Waals surface area contributed by atoms with Gasteiger partial charge in [-0.15, -0.1) is 0 Å². The van der Waals surface area contributed by atoms with E-state index in [-0.39, 0.29) is 84.4 Å². The fourth-order valence-corrected chi connectivity index (χ4v) is 6.24. The Morgan fingerprint density at radius 3 is 1.11 bits per heavy atom. The molecule has 0 unspecified atom stereocenters. The van der Waals surface area contributed by atoms with Crippen LogP contribution in [0.1, 0.15) is 48.5 Å². The van der Waals surface area contributed by atoms with Crippen molar-refractivity contribution in [2.24, 2.45) is 0 Å². The summed E-state index contributed by atoms with van der Waals surface area (Å²) in [6, 6.07) is 52.3. The van der Waals surface area contributed by atoms with E-state index in [4.69, 9.17) is 37.9 Å². The molecule has 7 rings (SSSR count). The van der Waals surface area contributed by atoms with Crippen LogP contribution in [0.4, 0.5) is 0 Å². The molecule has 0 bridgehead atoms. The molecule has 0 aromatic heterocycles. The second-order valence-electron chi connectivity index (χ2n) is 13.7. The predicted molar refractivity (Wildman–Crippen MR) is 230 cm³/mol. The topological polar surface area (TPSA) is 108 Å². The number of carbonyl (C=O) groups excluding carboxylic acids is 2. The molecule has 0 spiro atoms. The van der Waals surface area contributed by atoms with Crippen molar-refractivity contribution in [3.63, 3.8) is 0 Å². The van der Waals surface area contributed by atoms with Crippen LogP contribution >= 0.6 is 0 Å². The quantitative estimate of drug-likeness (QED) is 0.0732. The molecule has 0 saturated heterocycles. The van der Waals surface area contributed by atoms with Crippen LogP contribution in [-0.2, 0) is 42.5 Å². The van der Waals surface area contributed by atoms with Gasteiger partial charge in [0.05, 0.1) is 19.8 Å². The molecule has 10 nitrogen and oxygen atoms in total. The van der Waals surface area contributed by atoms with Crippen LogP contribution in [0.2, 0.25) is 0 Å². The lowest BCUT2D eigenvalue weighted by Crippen LogP contribution is -2.11. The van der Waals surface area contributed by atoms with E-state index in [1.807, 2.05) is 152 Å². The summed E-state index contributed by atoms with van der Waals surface area (Å²) >= 11 is 0. The minimum absolute atomic E-state index is 0.0172. The van der Waals surface area contributed by atoms with Crippen LogP contribution in [0.5, 0.6) is 40.2 Å². The summed E-state index contributed by atoms with van der Waals surface area (Å²) in [7, 11) is 2.55. The van der Waals surface area contributed by atoms with Gasteiger partial charge >= 0.3 is 11.9 Å². The van der Waals surface area contributed by atoms with Crippen LogP contribution in [-0.4, -0.2) is 26.2 Å². The average molecular weight is 817 g/mol. The normalized spacial score (nSPS) is 10.6. The standard InChI is InChI=1S/C51H44O10/c1-54-50(52)41-28-43(56-31-36-18-8-3-9-19-36)47(58-33-38-22-12-5-13-23-38)45(29-41)61-46-42(51(53)55-2)30-44(57-32-37-20-10-4-11-21-37)48(59-34-39-24-14-6-15-25-39)49(46)60-35-40-26-16-7-17-27-40/h3-30H,31-35H2,1-2H3. The SMILES string of the molecule is COC(=O)c1cc(OCc2ccccc2)c(OCc2ccccc2)c(Oc2c(C(=O)OC)cc(OCc3ccccc3)c(OCc3ccccc3)c2OCc2ccccc2)c1. The molecule has 0 aliphatic heterocycles. The third-order valence-electron chi connectivity index (χ3n) is 9.37. The van der Waals surface area contributed by atoms with Gasteiger partial charge in [0, 0.05) is 6.07 Å². The minimum Gasteiger partial charge on any atom is -0.485 e. The monoisotopic (exact) mass is 816 g/mol. The molecule has 7 aromatic rings. The number of carbonyl (C=O) groups is 2. The zero-order chi connectivity index (χ0) is 42.2. The molecular weight excluding hydrogens is 773 g/mol. The number of ether oxygens (including phenoxy) is 8. The van der Waals surface area contributed by atoms with Gasteiger partial charge in [-0.2, -0.15) is 0 Å². The Morgan fingerprint density at radius 2 is 0.705 bits per heavy atom. The Bertz CT molecular complexity index is 2500. The largest absolute Gasteiger partial charge is 0.485 e. The van der Waals surface area contributed by atoms with Gasteiger partial charge in [-0.05, 0) is 39.9 Å². The third kappa shape index (κ3) is 11.1. The highest BCUT2D eigenvalue weighted by molar-refractivity contribution is 5.96. The molecular formula is C51H44O10. The Morgan fingerprint density at radius 1 is 0.361 bits per heavy atom. The summed E-state index contributed by atoms with van der Waals surface area (Å²) in [5.74, 6) is -0.747. The van der Waals surface area contributed by atoms with E-state index < -0.39 is 11.9 Å². The summed E-state index contributed by atoms with van der Waals surface area (Å²) in [6.07, 6.45) is 0. The van der Waals surface area contributed by atoms with Crippen LogP contribution in [0, 0.1) is 0 Å². The van der Waals surface area contributed by atoms with Gasteiger partial charge in [-0.1, -0.05) is 152 Å². The van der Waals surface area contributed by atoms with Gasteiger partial charge in [0.1, 0.15) is 38.6 Å². The highest BCUT2D eigenvalue weighted by atomic mass is 16.6. The van der Waals surface area contributed by atoms with Crippen LogP contribution in [0.15, 0.2) is 170 Å². The van der Waals surface area contributed by atoms with Gasteiger partial charge in [0.15, 0.2) is 23.0 Å². The summed E-state index contributed by atoms with van der Waals surface area (Å²) < 4.78 is 49.9. The van der Waals surface area contributed by atoms with Gasteiger partial charge in [-0.3, -0.25) is 0 Å². The van der Waals surface area contributed by atoms with Gasteiger partial charge in [0.2, 0.25) is 17.2 Å². The number of hydrogen-bond donors (Lipinski definition) is 0. The molecule has 61 heavy (non-hydrogen) atoms. The van der Waals surface area contributed by atoms with Crippen molar-refractivity contribution >= 4 is 11.9 Å². The zero-order valence-electron chi connectivity index (χ0n) is 33.8. The molecule has 7 aromatic carbocycles. The summed E-state index contributed by atoms with van der Waals surface area (Å²) in [4.78, 5) is 27.2. The highest BCUT2D eigenvalue weighted by Crippen LogP contribution is 2.52. The van der Waals surface area contributed by atoms with Gasteiger partial charge in [0.25, 0.3) is 0 Å². The lowest BCUT2D eigenvalue weighted by atomic mass is 10.1. The Kier molecular flexibility index (Phi) is 14.1. The van der Waals surface area contributed by atoms with Gasteiger partial charge in [-0.25, -0.2) is 9.59 Å². The fraction of sp³-hybridized carbons (Fsp3) is 0.137. The van der Waals surface area contributed by atoms with Crippen LogP contribution in [0.3, 0.4) is 0 Å². The van der Waals surface area contributed by atoms with Crippen molar-refractivity contribution in [1.82, 2.24) is 0 Å². The number of methoxy groups -OCH3 is 2. The molecule has 0 aliphatic rings. The molecule has 10 heteroatoms. The van der Waals surface area contributed by atoms with E-state index in [0.717, 1.165) is 27.8 Å². The molecule has 0 saturated carbocycles. The molecule has 0 radical (unpaired) electrons. The summed E-state index contributed by atoms with van der Waals surface area (Å²) in [5.41, 5.74) is 4.36. The molecule has 0 amide bonds. The van der Waals surface area contributed by atoms with E-state index in [0.29, 0.717) is 0 Å². The maximum atomic E-state index is 13.9. The summed E-state index contributed by atoms with van der Waals surface area (Å²) in [5, 5.41) is 0. The van der Waals surface area contributed by atoms with Crippen molar-refractivity contribution in [3.8, 4) is 40.2 Å². The lowest BCUT2D eigenvalue weighted by molar-refractivity contribution is 0.0587. The lowest BCUT2D eigenvalue weighted by Gasteiger charge is -2.24. The minimum atomic E-state index is -0.754. The first-order valence-electron chi connectivity index (χ1n) is 19.6. The first kappa shape index (κ1) is 41.4. The summed E-state index contributed by atoms with van der Waals surface area (Å²) in [6.45, 7) is 0.544. The molecule has 0 fully saturated rings. The molecule has 0 aliphatic carbocycles. The van der Waals surface area contributed by atoms with Crippen LogP contribution < -0.4 is 28.4 Å². The van der Waals surface area contributed by atoms with E-state index in [2.05, 4.69) is 0 Å². The Hall–Kier alpha value is -7.72.